The first-order valence-electron chi connectivity index (χ1n) is 29.1. The zero-order chi connectivity index (χ0) is 67.0. The largest absolute Gasteiger partial charge is 0.462 e. The summed E-state index contributed by atoms with van der Waals surface area (Å²) >= 11 is 0. The van der Waals surface area contributed by atoms with Gasteiger partial charge >= 0.3 is 12.4 Å². The van der Waals surface area contributed by atoms with Gasteiger partial charge in [0, 0.05) is 44.3 Å². The van der Waals surface area contributed by atoms with Crippen LogP contribution in [0.2, 0.25) is 0 Å². The zero-order valence-corrected chi connectivity index (χ0v) is 48.4. The van der Waals surface area contributed by atoms with Crippen LogP contribution < -0.4 is 14.2 Å². The van der Waals surface area contributed by atoms with Crippen molar-refractivity contribution in [3.63, 3.8) is 0 Å². The van der Waals surface area contributed by atoms with Crippen LogP contribution in [-0.2, 0) is 26.6 Å². The molecule has 94 heavy (non-hydrogen) atoms. The fourth-order valence-corrected chi connectivity index (χ4v) is 11.9. The lowest BCUT2D eigenvalue weighted by molar-refractivity contribution is -0.277. The van der Waals surface area contributed by atoms with Crippen LogP contribution in [0, 0.1) is 0 Å². The van der Waals surface area contributed by atoms with E-state index in [0.717, 1.165) is 0 Å². The minimum atomic E-state index is -5.39. The van der Waals surface area contributed by atoms with E-state index in [0.29, 0.717) is 17.7 Å². The van der Waals surface area contributed by atoms with Crippen molar-refractivity contribution >= 4 is 34.2 Å². The van der Waals surface area contributed by atoms with Crippen molar-refractivity contribution in [1.29, 1.82) is 0 Å². The number of aromatic amines is 2. The SMILES string of the molecule is OCC1O[C@@H](Oc2cccc(-c3c4nc(c(-c5cccc(O[C@@H]6OC(CO)[C@H](O)C(O)C6O)c5)c5ccc([nH]5)c(-c5cc(C(F)(F)F)cc(C(F)(F)F)c5)c5nc(c(-c6cccc(O[C@@H]7OC(CO)[C@H](O)C(O)C7O)c6)c6ccc3[nH]6)C(O)C5O)C=C4)c2)C(O)C(O)[C@H]1O. The summed E-state index contributed by atoms with van der Waals surface area (Å²) in [7, 11) is 0. The average Bonchev–Trinajstić information content (AvgIpc) is 1.60. The van der Waals surface area contributed by atoms with Crippen LogP contribution >= 0.6 is 0 Å². The molecule has 8 heterocycles. The number of nitrogens with zero attached hydrogens (tertiary/aromatic N) is 2. The van der Waals surface area contributed by atoms with Crippen molar-refractivity contribution in [2.75, 3.05) is 19.8 Å². The Labute approximate surface area is 526 Å². The quantitative estimate of drug-likeness (QED) is 0.0735. The first-order chi connectivity index (χ1) is 44.7. The van der Waals surface area contributed by atoms with Crippen LogP contribution in [0.15, 0.2) is 115 Å². The summed E-state index contributed by atoms with van der Waals surface area (Å²) in [6, 6.07) is 24.1. The van der Waals surface area contributed by atoms with Gasteiger partial charge in [0.15, 0.2) is 0 Å². The topological polar surface area (TPSA) is 396 Å². The highest BCUT2D eigenvalue weighted by atomic mass is 19.4. The van der Waals surface area contributed by atoms with Gasteiger partial charge in [-0.25, -0.2) is 4.98 Å². The molecule has 17 atom stereocenters. The van der Waals surface area contributed by atoms with Crippen molar-refractivity contribution in [3.8, 4) is 61.8 Å². The minimum Gasteiger partial charge on any atom is -0.462 e. The molecule has 498 valence electrons. The summed E-state index contributed by atoms with van der Waals surface area (Å²) < 4.78 is 124. The van der Waals surface area contributed by atoms with E-state index in [4.69, 9.17) is 38.4 Å². The molecule has 24 nitrogen and oxygen atoms in total. The lowest BCUT2D eigenvalue weighted by atomic mass is 9.95. The summed E-state index contributed by atoms with van der Waals surface area (Å²) in [6.45, 7) is -2.37. The number of fused-ring (bicyclic) bond motifs is 8. The molecule has 30 heteroatoms. The van der Waals surface area contributed by atoms with E-state index in [2.05, 4.69) is 9.97 Å². The third-order valence-electron chi connectivity index (χ3n) is 16.8. The minimum absolute atomic E-state index is 0.00143. The maximum Gasteiger partial charge on any atom is 0.416 e. The van der Waals surface area contributed by atoms with Gasteiger partial charge in [0.1, 0.15) is 103 Å². The van der Waals surface area contributed by atoms with Gasteiger partial charge in [-0.15, -0.1) is 0 Å². The van der Waals surface area contributed by atoms with E-state index in [-0.39, 0.29) is 84.6 Å². The number of aromatic nitrogens is 4. The van der Waals surface area contributed by atoms with Gasteiger partial charge in [-0.05, 0) is 113 Å². The number of ether oxygens (including phenoxy) is 6. The Morgan fingerprint density at radius 1 is 0.372 bits per heavy atom. The van der Waals surface area contributed by atoms with Gasteiger partial charge < -0.3 is 110 Å². The number of hydrogen-bond donors (Lipinski definition) is 16. The Morgan fingerprint density at radius 3 is 1.02 bits per heavy atom. The van der Waals surface area contributed by atoms with Crippen molar-refractivity contribution < 1.29 is 126 Å². The Hall–Kier alpha value is -7.96. The molecule has 3 fully saturated rings. The van der Waals surface area contributed by atoms with Crippen LogP contribution in [-0.4, -0.2) is 203 Å². The highest BCUT2D eigenvalue weighted by molar-refractivity contribution is 5.98. The van der Waals surface area contributed by atoms with Gasteiger partial charge in [0.05, 0.1) is 53.7 Å². The number of alkyl halides is 6. The number of rotatable bonds is 13. The predicted octanol–water partition coefficient (Wildman–Crippen LogP) is 3.49. The summed E-state index contributed by atoms with van der Waals surface area (Å²) in [5.41, 5.74) is -4.79. The number of aliphatic hydroxyl groups is 14. The number of benzene rings is 4. The molecular formula is C64H60F6N4O20. The van der Waals surface area contributed by atoms with Gasteiger partial charge in [-0.2, -0.15) is 26.3 Å². The van der Waals surface area contributed by atoms with Crippen molar-refractivity contribution in [2.45, 2.75) is 117 Å². The fraction of sp³-hybridized carbons (Fsp3) is 0.344. The molecule has 7 aromatic rings. The van der Waals surface area contributed by atoms with Crippen molar-refractivity contribution in [2.24, 2.45) is 0 Å². The van der Waals surface area contributed by atoms with Gasteiger partial charge in [-0.1, -0.05) is 36.4 Å². The van der Waals surface area contributed by atoms with Crippen LogP contribution in [0.3, 0.4) is 0 Å². The highest BCUT2D eigenvalue weighted by Crippen LogP contribution is 2.48. The van der Waals surface area contributed by atoms with Crippen molar-refractivity contribution in [3.05, 3.63) is 149 Å². The third-order valence-corrected chi connectivity index (χ3v) is 16.8. The molecule has 0 saturated carbocycles. The molecule has 8 bridgehead atoms. The molecule has 12 rings (SSSR count). The second-order valence-corrected chi connectivity index (χ2v) is 22.9. The maximum absolute atomic E-state index is 14.9. The van der Waals surface area contributed by atoms with Gasteiger partial charge in [0.2, 0.25) is 18.9 Å². The smallest absolute Gasteiger partial charge is 0.416 e. The molecule has 0 aliphatic carbocycles. The van der Waals surface area contributed by atoms with Crippen LogP contribution in [0.4, 0.5) is 26.3 Å². The standard InChI is InChI=1S/C64H60F6N4O20/c65-63(66,67)29-16-28(17-30(21-29)64(68,69)70)46-39-15-13-37(73-39)44(26-5-2-8-32(19-26)90-61-58(87)55(84)50(79)41(23-76)93-61)35-11-10-34(71-35)43(25-4-1-7-31(18-25)89-60-57(86)54(83)49(78)40(22-75)92-60)36-12-14-38(72-36)45(47-52(81)53(82)48(46)74-47)27-6-3-9-33(20-27)91-62-59(88)56(85)51(80)42(24-77)94-62/h1-21,40-42,49-62,72-73,75-88H,22-24H2/t40?,41?,42?,49-,50-,51-,52?,53?,54?,55?,56?,57?,58?,59?,60+,61+,62+/m0/s1. The number of hydrogen-bond acceptors (Lipinski definition) is 22. The number of nitrogens with one attached hydrogen (secondary N) is 2. The van der Waals surface area contributed by atoms with E-state index < -0.39 is 170 Å². The third kappa shape index (κ3) is 12.5. The summed E-state index contributed by atoms with van der Waals surface area (Å²) in [6.07, 6.45) is -37.6. The summed E-state index contributed by atoms with van der Waals surface area (Å²) in [5, 5.41) is 151. The Balaban J connectivity index is 1.15. The normalized spacial score (nSPS) is 28.9. The second kappa shape index (κ2) is 26.0. The monoisotopic (exact) mass is 1320 g/mol. The summed E-state index contributed by atoms with van der Waals surface area (Å²) in [4.78, 5) is 16.3. The molecular weight excluding hydrogens is 1260 g/mol. The lowest BCUT2D eigenvalue weighted by Crippen LogP contribution is -2.60. The zero-order valence-electron chi connectivity index (χ0n) is 48.4. The molecule has 3 aromatic heterocycles. The molecule has 0 spiro atoms. The first-order valence-corrected chi connectivity index (χ1v) is 29.1. The molecule has 11 unspecified atom stereocenters. The van der Waals surface area contributed by atoms with E-state index >= 15 is 0 Å². The second-order valence-electron chi connectivity index (χ2n) is 22.9. The van der Waals surface area contributed by atoms with E-state index in [1.165, 1.54) is 72.8 Å². The Kier molecular flexibility index (Phi) is 18.3. The molecule has 0 amide bonds. The molecule has 3 saturated heterocycles. The predicted molar refractivity (Wildman–Crippen MR) is 315 cm³/mol. The molecule has 4 aromatic carbocycles. The Bertz CT molecular complexity index is 4130. The molecule has 0 radical (unpaired) electrons. The first kappa shape index (κ1) is 66.1. The van der Waals surface area contributed by atoms with Gasteiger partial charge in [0.25, 0.3) is 0 Å². The number of halogens is 6. The molecule has 5 aliphatic heterocycles. The van der Waals surface area contributed by atoms with Gasteiger partial charge in [-0.3, -0.25) is 4.98 Å². The number of H-pyrrole nitrogens is 2. The van der Waals surface area contributed by atoms with Crippen LogP contribution in [0.25, 0.3) is 78.7 Å². The molecule has 5 aliphatic rings. The summed E-state index contributed by atoms with van der Waals surface area (Å²) in [5.74, 6) is -0.186. The average molecular weight is 1320 g/mol. The van der Waals surface area contributed by atoms with Crippen molar-refractivity contribution in [1.82, 2.24) is 19.9 Å². The van der Waals surface area contributed by atoms with Crippen LogP contribution in [0.5, 0.6) is 17.2 Å². The van der Waals surface area contributed by atoms with Crippen LogP contribution in [0.1, 0.15) is 46.1 Å². The number of aliphatic hydroxyl groups excluding tert-OH is 14. The Morgan fingerprint density at radius 2 is 0.691 bits per heavy atom. The lowest BCUT2D eigenvalue weighted by Gasteiger charge is -2.39. The molecule has 16 N–H and O–H groups in total. The highest BCUT2D eigenvalue weighted by Gasteiger charge is 2.48. The van der Waals surface area contributed by atoms with E-state index in [1.54, 1.807) is 36.4 Å². The maximum atomic E-state index is 14.9. The van der Waals surface area contributed by atoms with E-state index in [9.17, 15) is 97.8 Å². The fourth-order valence-electron chi connectivity index (χ4n) is 11.9. The van der Waals surface area contributed by atoms with E-state index in [1.807, 2.05) is 0 Å².